The highest BCUT2D eigenvalue weighted by Gasteiger charge is 2.57. The summed E-state index contributed by atoms with van der Waals surface area (Å²) in [4.78, 5) is 10.1. The van der Waals surface area contributed by atoms with Crippen LogP contribution in [-0.4, -0.2) is 14.4 Å². The van der Waals surface area contributed by atoms with Crippen LogP contribution >= 0.6 is 0 Å². The van der Waals surface area contributed by atoms with Gasteiger partial charge in [-0.15, -0.1) is 0 Å². The lowest BCUT2D eigenvalue weighted by atomic mass is 9.59. The van der Waals surface area contributed by atoms with Crippen LogP contribution < -0.4 is 0 Å². The molecular weight excluding hydrogens is 414 g/mol. The number of aromatic nitrogens is 3. The lowest BCUT2D eigenvalue weighted by Gasteiger charge is -2.44. The molecule has 0 radical (unpaired) electrons. The van der Waals surface area contributed by atoms with Gasteiger partial charge in [0, 0.05) is 33.8 Å². The summed E-state index contributed by atoms with van der Waals surface area (Å²) in [5, 5.41) is 2.35. The number of imidazole rings is 1. The second-order valence-electron chi connectivity index (χ2n) is 14.2. The highest BCUT2D eigenvalue weighted by molar-refractivity contribution is 5.99. The summed E-state index contributed by atoms with van der Waals surface area (Å²) in [6.45, 7) is 28.0. The number of fused-ring (bicyclic) bond motifs is 6. The fourth-order valence-corrected chi connectivity index (χ4v) is 5.99. The van der Waals surface area contributed by atoms with Crippen molar-refractivity contribution in [3.8, 4) is 0 Å². The molecule has 0 fully saturated rings. The van der Waals surface area contributed by atoms with Crippen LogP contribution in [0.2, 0.25) is 0 Å². The molecule has 0 aliphatic heterocycles. The topological polar surface area (TPSA) is 30.2 Å². The van der Waals surface area contributed by atoms with E-state index in [1.165, 1.54) is 27.7 Å². The van der Waals surface area contributed by atoms with Gasteiger partial charge < -0.3 is 0 Å². The third kappa shape index (κ3) is 2.82. The van der Waals surface area contributed by atoms with Crippen molar-refractivity contribution in [2.75, 3.05) is 0 Å². The molecule has 1 aliphatic carbocycles. The third-order valence-electron chi connectivity index (χ3n) is 9.51. The Morgan fingerprint density at radius 1 is 0.735 bits per heavy atom. The summed E-state index contributed by atoms with van der Waals surface area (Å²) in [7, 11) is 0. The fourth-order valence-electron chi connectivity index (χ4n) is 5.99. The van der Waals surface area contributed by atoms with Crippen molar-refractivity contribution >= 4 is 27.5 Å². The highest BCUT2D eigenvalue weighted by atomic mass is 15.0. The Hall–Kier alpha value is -2.42. The van der Waals surface area contributed by atoms with Crippen LogP contribution in [0.5, 0.6) is 0 Å². The molecule has 0 unspecified atom stereocenters. The normalized spacial score (nSPS) is 19.3. The molecule has 4 aromatic rings. The van der Waals surface area contributed by atoms with Crippen LogP contribution in [0.3, 0.4) is 0 Å². The third-order valence-corrected chi connectivity index (χ3v) is 9.51. The highest BCUT2D eigenvalue weighted by Crippen LogP contribution is 2.62. The Labute approximate surface area is 205 Å². The molecule has 0 saturated heterocycles. The van der Waals surface area contributed by atoms with Gasteiger partial charge in [0.15, 0.2) is 0 Å². The van der Waals surface area contributed by atoms with Crippen molar-refractivity contribution in [3.63, 3.8) is 0 Å². The minimum atomic E-state index is -0.0295. The van der Waals surface area contributed by atoms with Crippen molar-refractivity contribution in [1.29, 1.82) is 0 Å². The molecule has 3 aromatic heterocycles. The van der Waals surface area contributed by atoms with Gasteiger partial charge in [-0.3, -0.25) is 9.38 Å². The van der Waals surface area contributed by atoms with Gasteiger partial charge in [-0.2, -0.15) is 0 Å². The van der Waals surface area contributed by atoms with E-state index < -0.39 is 0 Å². The Balaban J connectivity index is 1.94. The SMILES string of the molecule is CC(C)(C)c1cc2cc(C(C)(C)C)n3c4cc5c(cc4nc3c2cn1)C(C)(C)C(C)(C)C5(C)C. The summed E-state index contributed by atoms with van der Waals surface area (Å²) >= 11 is 0. The molecule has 0 amide bonds. The van der Waals surface area contributed by atoms with Gasteiger partial charge >= 0.3 is 0 Å². The molecule has 180 valence electrons. The average molecular weight is 456 g/mol. The van der Waals surface area contributed by atoms with E-state index >= 15 is 0 Å². The molecule has 0 N–H and O–H groups in total. The number of rotatable bonds is 0. The molecule has 0 bridgehead atoms. The number of nitrogens with zero attached hydrogens (tertiary/aromatic N) is 3. The predicted molar refractivity (Wildman–Crippen MR) is 145 cm³/mol. The van der Waals surface area contributed by atoms with E-state index in [4.69, 9.17) is 9.97 Å². The zero-order chi connectivity index (χ0) is 25.2. The Kier molecular flexibility index (Phi) is 4.40. The van der Waals surface area contributed by atoms with Crippen LogP contribution in [0.1, 0.15) is 106 Å². The van der Waals surface area contributed by atoms with Gasteiger partial charge in [0.25, 0.3) is 0 Å². The lowest BCUT2D eigenvalue weighted by molar-refractivity contribution is 0.125. The second-order valence-corrected chi connectivity index (χ2v) is 14.2. The minimum absolute atomic E-state index is 0.00707. The largest absolute Gasteiger partial charge is 0.295 e. The first-order valence-corrected chi connectivity index (χ1v) is 12.7. The van der Waals surface area contributed by atoms with Crippen LogP contribution in [0.4, 0.5) is 0 Å². The Bertz CT molecular complexity index is 1480. The molecule has 0 atom stereocenters. The average Bonchev–Trinajstić information content (AvgIpc) is 3.12. The molecule has 3 nitrogen and oxygen atoms in total. The van der Waals surface area contributed by atoms with E-state index in [-0.39, 0.29) is 27.1 Å². The van der Waals surface area contributed by atoms with E-state index in [1.54, 1.807) is 0 Å². The number of hydrogen-bond acceptors (Lipinski definition) is 2. The maximum absolute atomic E-state index is 5.27. The minimum Gasteiger partial charge on any atom is -0.295 e. The van der Waals surface area contributed by atoms with E-state index in [1.807, 2.05) is 6.20 Å². The first kappa shape index (κ1) is 23.3. The maximum Gasteiger partial charge on any atom is 0.147 e. The molecule has 0 saturated carbocycles. The summed E-state index contributed by atoms with van der Waals surface area (Å²) < 4.78 is 2.41. The maximum atomic E-state index is 5.27. The van der Waals surface area contributed by atoms with Gasteiger partial charge in [0.2, 0.25) is 0 Å². The van der Waals surface area contributed by atoms with Crippen LogP contribution in [0.25, 0.3) is 27.5 Å². The van der Waals surface area contributed by atoms with Crippen LogP contribution in [0.15, 0.2) is 30.5 Å². The monoisotopic (exact) mass is 455 g/mol. The standard InChI is InChI=1S/C31H41N3/c1-27(2,3)24-13-18-14-25(28(4,5)6)34-23-16-21-20(29(7,8)31(11,12)30(21,9)10)15-22(23)33-26(34)19(18)17-32-24/h13-17H,1-12H3. The molecular formula is C31H41N3. The van der Waals surface area contributed by atoms with Gasteiger partial charge in [-0.1, -0.05) is 83.1 Å². The molecule has 0 spiro atoms. The summed E-state index contributed by atoms with van der Waals surface area (Å²) in [5.74, 6) is 0. The smallest absolute Gasteiger partial charge is 0.147 e. The van der Waals surface area contributed by atoms with Crippen molar-refractivity contribution < 1.29 is 0 Å². The number of hydrogen-bond donors (Lipinski definition) is 0. The quantitative estimate of drug-likeness (QED) is 0.267. The first-order valence-electron chi connectivity index (χ1n) is 12.7. The van der Waals surface area contributed by atoms with Crippen molar-refractivity contribution in [2.24, 2.45) is 5.41 Å². The van der Waals surface area contributed by atoms with Crippen LogP contribution in [-0.2, 0) is 21.7 Å². The van der Waals surface area contributed by atoms with E-state index in [0.29, 0.717) is 0 Å². The van der Waals surface area contributed by atoms with Gasteiger partial charge in [-0.05, 0) is 57.0 Å². The molecule has 1 aromatic carbocycles. The van der Waals surface area contributed by atoms with E-state index in [0.717, 1.165) is 22.2 Å². The molecule has 1 aliphatic rings. The van der Waals surface area contributed by atoms with Gasteiger partial charge in [0.05, 0.1) is 11.0 Å². The molecule has 3 heteroatoms. The molecule has 34 heavy (non-hydrogen) atoms. The Morgan fingerprint density at radius 3 is 1.88 bits per heavy atom. The molecule has 5 rings (SSSR count). The zero-order valence-corrected chi connectivity index (χ0v) is 23.2. The number of pyridine rings is 2. The van der Waals surface area contributed by atoms with E-state index in [2.05, 4.69) is 112 Å². The Morgan fingerprint density at radius 2 is 1.32 bits per heavy atom. The lowest BCUT2D eigenvalue weighted by Crippen LogP contribution is -2.42. The second kappa shape index (κ2) is 6.42. The van der Waals surface area contributed by atoms with Gasteiger partial charge in [0.1, 0.15) is 5.65 Å². The summed E-state index contributed by atoms with van der Waals surface area (Å²) in [6, 6.07) is 9.45. The van der Waals surface area contributed by atoms with Crippen molar-refractivity contribution in [3.05, 3.63) is 53.0 Å². The number of benzene rings is 1. The van der Waals surface area contributed by atoms with Crippen molar-refractivity contribution in [1.82, 2.24) is 14.4 Å². The molecule has 3 heterocycles. The van der Waals surface area contributed by atoms with Gasteiger partial charge in [-0.25, -0.2) is 4.98 Å². The van der Waals surface area contributed by atoms with E-state index in [9.17, 15) is 0 Å². The predicted octanol–water partition coefficient (Wildman–Crippen LogP) is 8.23. The first-order chi connectivity index (χ1) is 15.4. The van der Waals surface area contributed by atoms with Crippen LogP contribution in [0, 0.1) is 5.41 Å². The zero-order valence-electron chi connectivity index (χ0n) is 23.2. The summed E-state index contributed by atoms with van der Waals surface area (Å²) in [6.07, 6.45) is 2.04. The van der Waals surface area contributed by atoms with Crippen molar-refractivity contribution in [2.45, 2.75) is 105 Å². The fraction of sp³-hybridized carbons (Fsp3) is 0.548. The summed E-state index contributed by atoms with van der Waals surface area (Å²) in [5.41, 5.74) is 8.85.